The maximum absolute atomic E-state index is 14.3. The Hall–Kier alpha value is -3.51. The van der Waals surface area contributed by atoms with E-state index in [1.165, 1.54) is 6.07 Å². The van der Waals surface area contributed by atoms with Gasteiger partial charge in [-0.25, -0.2) is 19.2 Å². The number of hydrogen-bond acceptors (Lipinski definition) is 7. The molecule has 3 aromatic rings. The fraction of sp³-hybridized carbons (Fsp3) is 0.423. The summed E-state index contributed by atoms with van der Waals surface area (Å²) in [7, 11) is 0. The van der Waals surface area contributed by atoms with Crippen LogP contribution in [0.25, 0.3) is 10.9 Å². The molecular weight excluding hydrogens is 506 g/mol. The zero-order valence-corrected chi connectivity index (χ0v) is 20.4. The van der Waals surface area contributed by atoms with Crippen molar-refractivity contribution in [3.8, 4) is 5.75 Å². The fourth-order valence-corrected chi connectivity index (χ4v) is 4.79. The van der Waals surface area contributed by atoms with Crippen molar-refractivity contribution in [2.45, 2.75) is 50.0 Å². The predicted octanol–water partition coefficient (Wildman–Crippen LogP) is 4.96. The molecule has 1 amide bonds. The lowest BCUT2D eigenvalue weighted by Crippen LogP contribution is -2.42. The number of nitrogens with zero attached hydrogens (tertiary/aromatic N) is 2. The van der Waals surface area contributed by atoms with Crippen LogP contribution < -0.4 is 20.7 Å². The van der Waals surface area contributed by atoms with Gasteiger partial charge in [0.2, 0.25) is 5.95 Å². The number of nitrogens with one attached hydrogen (secondary N) is 3. The fourth-order valence-electron chi connectivity index (χ4n) is 4.79. The van der Waals surface area contributed by atoms with Crippen molar-refractivity contribution in [1.82, 2.24) is 20.6 Å². The van der Waals surface area contributed by atoms with E-state index >= 15 is 0 Å². The first kappa shape index (κ1) is 26.1. The van der Waals surface area contributed by atoms with E-state index in [2.05, 4.69) is 25.9 Å². The van der Waals surface area contributed by atoms with Gasteiger partial charge in [-0.1, -0.05) is 6.07 Å². The number of benzene rings is 2. The van der Waals surface area contributed by atoms with E-state index in [0.29, 0.717) is 43.7 Å². The highest BCUT2D eigenvalue weighted by Crippen LogP contribution is 2.33. The first-order chi connectivity index (χ1) is 18.3. The molecule has 0 aliphatic carbocycles. The predicted molar refractivity (Wildman–Crippen MR) is 131 cm³/mol. The minimum atomic E-state index is -4.81. The van der Waals surface area contributed by atoms with E-state index in [9.17, 15) is 22.4 Å². The Kier molecular flexibility index (Phi) is 7.61. The van der Waals surface area contributed by atoms with E-state index in [-0.39, 0.29) is 23.4 Å². The minimum absolute atomic E-state index is 0.210. The van der Waals surface area contributed by atoms with Gasteiger partial charge in [-0.2, -0.15) is 13.2 Å². The number of ether oxygens (including phenoxy) is 2. The Bertz CT molecular complexity index is 1290. The molecule has 0 saturated carbocycles. The van der Waals surface area contributed by atoms with E-state index < -0.39 is 29.7 Å². The standard InChI is InChI=1S/C26H27F4N5O3/c27-20-12-15(4-6-19(20)26(28,29)30)23(21-2-1-9-31-21)35-25(36)38-18-5-3-16-14-32-24(34-22(16)13-18)33-17-7-10-37-11-8-17/h3-6,12-14,17,21,23,31H,1-2,7-11H2,(H,35,36)(H,32,33,34)/t21-,23+/m0/s1. The van der Waals surface area contributed by atoms with Crippen LogP contribution in [0.4, 0.5) is 28.3 Å². The lowest BCUT2D eigenvalue weighted by Gasteiger charge is -2.25. The summed E-state index contributed by atoms with van der Waals surface area (Å²) in [6.07, 6.45) is -0.781. The number of anilines is 1. The quantitative estimate of drug-likeness (QED) is 0.386. The van der Waals surface area contributed by atoms with Crippen LogP contribution in [-0.2, 0) is 10.9 Å². The molecule has 12 heteroatoms. The molecule has 0 unspecified atom stereocenters. The van der Waals surface area contributed by atoms with Crippen molar-refractivity contribution in [1.29, 1.82) is 0 Å². The summed E-state index contributed by atoms with van der Waals surface area (Å²) >= 11 is 0. The number of hydrogen-bond donors (Lipinski definition) is 3. The molecule has 2 atom stereocenters. The summed E-state index contributed by atoms with van der Waals surface area (Å²) in [5, 5.41) is 9.95. The van der Waals surface area contributed by atoms with Gasteiger partial charge in [0.15, 0.2) is 0 Å². The van der Waals surface area contributed by atoms with Gasteiger partial charge in [0.1, 0.15) is 11.6 Å². The van der Waals surface area contributed by atoms with Crippen LogP contribution in [-0.4, -0.2) is 47.9 Å². The van der Waals surface area contributed by atoms with Gasteiger partial charge in [0, 0.05) is 42.9 Å². The van der Waals surface area contributed by atoms with Gasteiger partial charge >= 0.3 is 12.3 Å². The van der Waals surface area contributed by atoms with Gasteiger partial charge in [-0.15, -0.1) is 0 Å². The number of halogens is 4. The Labute approximate surface area is 216 Å². The monoisotopic (exact) mass is 533 g/mol. The minimum Gasteiger partial charge on any atom is -0.410 e. The number of fused-ring (bicyclic) bond motifs is 1. The average molecular weight is 534 g/mol. The number of alkyl halides is 3. The first-order valence-electron chi connectivity index (χ1n) is 12.5. The molecule has 2 aliphatic rings. The number of carbonyl (C=O) groups excluding carboxylic acids is 1. The zero-order chi connectivity index (χ0) is 26.7. The number of rotatable bonds is 6. The Morgan fingerprint density at radius 3 is 2.66 bits per heavy atom. The van der Waals surface area contributed by atoms with Crippen LogP contribution in [0.2, 0.25) is 0 Å². The molecule has 38 heavy (non-hydrogen) atoms. The first-order valence-corrected chi connectivity index (χ1v) is 12.5. The van der Waals surface area contributed by atoms with E-state index in [0.717, 1.165) is 30.7 Å². The van der Waals surface area contributed by atoms with Crippen LogP contribution in [0.1, 0.15) is 42.9 Å². The summed E-state index contributed by atoms with van der Waals surface area (Å²) in [5.74, 6) is -0.710. The second-order valence-electron chi connectivity index (χ2n) is 9.40. The zero-order valence-electron chi connectivity index (χ0n) is 20.4. The average Bonchev–Trinajstić information content (AvgIpc) is 3.42. The molecule has 0 spiro atoms. The molecule has 2 aromatic carbocycles. The highest BCUT2D eigenvalue weighted by molar-refractivity contribution is 5.81. The largest absolute Gasteiger partial charge is 0.419 e. The Morgan fingerprint density at radius 1 is 1.13 bits per heavy atom. The summed E-state index contributed by atoms with van der Waals surface area (Å²) in [5.41, 5.74) is -0.577. The van der Waals surface area contributed by atoms with E-state index in [4.69, 9.17) is 9.47 Å². The van der Waals surface area contributed by atoms with Gasteiger partial charge in [0.05, 0.1) is 17.1 Å². The summed E-state index contributed by atoms with van der Waals surface area (Å²) < 4.78 is 64.2. The van der Waals surface area contributed by atoms with Crippen LogP contribution in [0.3, 0.4) is 0 Å². The maximum Gasteiger partial charge on any atom is 0.419 e. The highest BCUT2D eigenvalue weighted by Gasteiger charge is 2.35. The van der Waals surface area contributed by atoms with Crippen LogP contribution in [0, 0.1) is 5.82 Å². The number of amides is 1. The van der Waals surface area contributed by atoms with E-state index in [1.807, 2.05) is 0 Å². The lowest BCUT2D eigenvalue weighted by atomic mass is 9.96. The van der Waals surface area contributed by atoms with Crippen molar-refractivity contribution in [2.75, 3.05) is 25.1 Å². The van der Waals surface area contributed by atoms with Gasteiger partial charge in [-0.3, -0.25) is 0 Å². The molecular formula is C26H27F4N5O3. The summed E-state index contributed by atoms with van der Waals surface area (Å²) in [6.45, 7) is 2.03. The summed E-state index contributed by atoms with van der Waals surface area (Å²) in [6, 6.07) is 6.73. The maximum atomic E-state index is 14.3. The van der Waals surface area contributed by atoms with Crippen LogP contribution in [0.15, 0.2) is 42.6 Å². The SMILES string of the molecule is O=C(N[C@H](c1ccc(C(F)(F)F)c(F)c1)[C@@H]1CCCN1)Oc1ccc2cnc(NC3CCOCC3)nc2c1. The van der Waals surface area contributed by atoms with Crippen molar-refractivity contribution >= 4 is 22.9 Å². The molecule has 2 fully saturated rings. The molecule has 8 nitrogen and oxygen atoms in total. The van der Waals surface area contributed by atoms with Gasteiger partial charge < -0.3 is 25.4 Å². The van der Waals surface area contributed by atoms with E-state index in [1.54, 1.807) is 24.4 Å². The topological polar surface area (TPSA) is 97.4 Å². The third-order valence-corrected chi connectivity index (χ3v) is 6.75. The lowest BCUT2D eigenvalue weighted by molar-refractivity contribution is -0.140. The molecule has 1 aromatic heterocycles. The Morgan fingerprint density at radius 2 is 1.95 bits per heavy atom. The van der Waals surface area contributed by atoms with Gasteiger partial charge in [0.25, 0.3) is 0 Å². The number of aromatic nitrogens is 2. The molecule has 3 heterocycles. The van der Waals surface area contributed by atoms with Crippen molar-refractivity contribution in [3.05, 3.63) is 59.5 Å². The number of carbonyl (C=O) groups is 1. The molecule has 0 radical (unpaired) electrons. The third-order valence-electron chi connectivity index (χ3n) is 6.75. The second-order valence-corrected chi connectivity index (χ2v) is 9.40. The van der Waals surface area contributed by atoms with Crippen molar-refractivity contribution in [3.63, 3.8) is 0 Å². The van der Waals surface area contributed by atoms with Crippen molar-refractivity contribution < 1.29 is 31.8 Å². The second kappa shape index (κ2) is 11.1. The molecule has 3 N–H and O–H groups in total. The normalized spacial score (nSPS) is 19.3. The third kappa shape index (κ3) is 6.13. The molecule has 5 rings (SSSR count). The molecule has 0 bridgehead atoms. The summed E-state index contributed by atoms with van der Waals surface area (Å²) in [4.78, 5) is 21.7. The molecule has 2 aliphatic heterocycles. The van der Waals surface area contributed by atoms with Gasteiger partial charge in [-0.05, 0) is 62.1 Å². The molecule has 202 valence electrons. The molecule has 2 saturated heterocycles. The Balaban J connectivity index is 1.31. The van der Waals surface area contributed by atoms with Crippen LogP contribution in [0.5, 0.6) is 5.75 Å². The highest BCUT2D eigenvalue weighted by atomic mass is 19.4. The van der Waals surface area contributed by atoms with Crippen LogP contribution >= 0.6 is 0 Å². The smallest absolute Gasteiger partial charge is 0.410 e. The van der Waals surface area contributed by atoms with Crippen molar-refractivity contribution in [2.24, 2.45) is 0 Å².